The monoisotopic (exact) mass is 263 g/mol. The fourth-order valence-electron chi connectivity index (χ4n) is 1.68. The first-order valence-corrected chi connectivity index (χ1v) is 6.07. The van der Waals surface area contributed by atoms with Gasteiger partial charge in [-0.15, -0.1) is 0 Å². The first-order chi connectivity index (χ1) is 8.56. The van der Waals surface area contributed by atoms with E-state index < -0.39 is 0 Å². The van der Waals surface area contributed by atoms with Crippen molar-refractivity contribution in [2.24, 2.45) is 0 Å². The number of furan rings is 1. The van der Waals surface area contributed by atoms with E-state index in [0.29, 0.717) is 10.8 Å². The van der Waals surface area contributed by atoms with Gasteiger partial charge >= 0.3 is 0 Å². The Morgan fingerprint density at radius 2 is 2.11 bits per heavy atom. The number of carbonyl (C=O) groups is 1. The van der Waals surface area contributed by atoms with Crippen molar-refractivity contribution in [1.82, 2.24) is 5.32 Å². The molecule has 0 bridgehead atoms. The number of halogens is 1. The molecule has 94 valence electrons. The van der Waals surface area contributed by atoms with E-state index in [0.717, 1.165) is 11.3 Å². The van der Waals surface area contributed by atoms with Crippen LogP contribution in [-0.4, -0.2) is 5.91 Å². The summed E-state index contributed by atoms with van der Waals surface area (Å²) < 4.78 is 5.27. The topological polar surface area (TPSA) is 42.2 Å². The number of hydrogen-bond acceptors (Lipinski definition) is 2. The molecular weight excluding hydrogens is 250 g/mol. The highest BCUT2D eigenvalue weighted by atomic mass is 35.5. The molecule has 1 unspecified atom stereocenters. The second kappa shape index (κ2) is 5.27. The van der Waals surface area contributed by atoms with E-state index in [1.807, 2.05) is 25.1 Å². The van der Waals surface area contributed by atoms with Crippen molar-refractivity contribution in [1.29, 1.82) is 0 Å². The summed E-state index contributed by atoms with van der Waals surface area (Å²) in [4.78, 5) is 11.9. The van der Waals surface area contributed by atoms with Crippen LogP contribution in [0.1, 0.15) is 34.8 Å². The highest BCUT2D eigenvalue weighted by Gasteiger charge is 2.14. The van der Waals surface area contributed by atoms with Gasteiger partial charge in [-0.1, -0.05) is 23.7 Å². The van der Waals surface area contributed by atoms with E-state index in [1.165, 1.54) is 0 Å². The lowest BCUT2D eigenvalue weighted by Gasteiger charge is -2.13. The van der Waals surface area contributed by atoms with Crippen LogP contribution in [0, 0.1) is 6.92 Å². The van der Waals surface area contributed by atoms with Crippen LogP contribution in [0.4, 0.5) is 0 Å². The normalized spacial score (nSPS) is 12.2. The predicted octanol–water partition coefficient (Wildman–Crippen LogP) is 3.73. The third-order valence-corrected chi connectivity index (χ3v) is 2.90. The largest absolute Gasteiger partial charge is 0.456 e. The number of amides is 1. The standard InChI is InChI=1S/C14H14ClNO2/c1-9-6-7-13(18-9)14(17)16-10(2)11-4-3-5-12(15)8-11/h3-8,10H,1-2H3,(H,16,17). The van der Waals surface area contributed by atoms with Crippen LogP contribution in [-0.2, 0) is 0 Å². The van der Waals surface area contributed by atoms with Crippen LogP contribution < -0.4 is 5.32 Å². The van der Waals surface area contributed by atoms with Gasteiger partial charge in [0, 0.05) is 5.02 Å². The smallest absolute Gasteiger partial charge is 0.287 e. The highest BCUT2D eigenvalue weighted by molar-refractivity contribution is 6.30. The quantitative estimate of drug-likeness (QED) is 0.917. The summed E-state index contributed by atoms with van der Waals surface area (Å²) in [5.74, 6) is 0.813. The van der Waals surface area contributed by atoms with Gasteiger partial charge in [0.05, 0.1) is 6.04 Å². The minimum absolute atomic E-state index is 0.124. The molecule has 18 heavy (non-hydrogen) atoms. The molecule has 1 aromatic carbocycles. The molecular formula is C14H14ClNO2. The number of benzene rings is 1. The van der Waals surface area contributed by atoms with Crippen molar-refractivity contribution in [3.8, 4) is 0 Å². The van der Waals surface area contributed by atoms with E-state index in [2.05, 4.69) is 5.32 Å². The molecule has 0 radical (unpaired) electrons. The second-order valence-electron chi connectivity index (χ2n) is 4.16. The number of rotatable bonds is 3. The summed E-state index contributed by atoms with van der Waals surface area (Å²) in [6.45, 7) is 3.70. The number of hydrogen-bond donors (Lipinski definition) is 1. The molecule has 1 amide bonds. The molecule has 0 spiro atoms. The number of aryl methyl sites for hydroxylation is 1. The molecule has 0 fully saturated rings. The van der Waals surface area contributed by atoms with Crippen molar-refractivity contribution in [2.45, 2.75) is 19.9 Å². The van der Waals surface area contributed by atoms with Crippen LogP contribution in [0.2, 0.25) is 5.02 Å². The van der Waals surface area contributed by atoms with Crippen molar-refractivity contribution in [3.63, 3.8) is 0 Å². The minimum Gasteiger partial charge on any atom is -0.456 e. The minimum atomic E-state index is -0.226. The predicted molar refractivity (Wildman–Crippen MR) is 70.8 cm³/mol. The molecule has 0 aliphatic carbocycles. The maximum atomic E-state index is 11.9. The average Bonchev–Trinajstić information content (AvgIpc) is 2.76. The van der Waals surface area contributed by atoms with Crippen LogP contribution in [0.15, 0.2) is 40.8 Å². The van der Waals surface area contributed by atoms with Crippen LogP contribution in [0.5, 0.6) is 0 Å². The summed E-state index contributed by atoms with van der Waals surface area (Å²) in [6, 6.07) is 10.7. The molecule has 2 rings (SSSR count). The van der Waals surface area contributed by atoms with Gasteiger partial charge in [-0.3, -0.25) is 4.79 Å². The molecule has 1 N–H and O–H groups in total. The Hall–Kier alpha value is -1.74. The van der Waals surface area contributed by atoms with Crippen molar-refractivity contribution in [3.05, 3.63) is 58.5 Å². The lowest BCUT2D eigenvalue weighted by atomic mass is 10.1. The zero-order valence-electron chi connectivity index (χ0n) is 10.2. The number of carbonyl (C=O) groups excluding carboxylic acids is 1. The third-order valence-electron chi connectivity index (χ3n) is 2.66. The Morgan fingerprint density at radius 3 is 2.72 bits per heavy atom. The molecule has 1 atom stereocenters. The van der Waals surface area contributed by atoms with E-state index in [9.17, 15) is 4.79 Å². The first kappa shape index (κ1) is 12.7. The van der Waals surface area contributed by atoms with Crippen LogP contribution in [0.3, 0.4) is 0 Å². The highest BCUT2D eigenvalue weighted by Crippen LogP contribution is 2.18. The molecule has 0 aliphatic rings. The van der Waals surface area contributed by atoms with Gasteiger partial charge in [-0.2, -0.15) is 0 Å². The van der Waals surface area contributed by atoms with E-state index in [4.69, 9.17) is 16.0 Å². The summed E-state index contributed by atoms with van der Waals surface area (Å²) in [7, 11) is 0. The van der Waals surface area contributed by atoms with E-state index in [1.54, 1.807) is 25.1 Å². The van der Waals surface area contributed by atoms with E-state index >= 15 is 0 Å². The second-order valence-corrected chi connectivity index (χ2v) is 4.60. The zero-order valence-corrected chi connectivity index (χ0v) is 11.0. The van der Waals surface area contributed by atoms with Crippen molar-refractivity contribution >= 4 is 17.5 Å². The van der Waals surface area contributed by atoms with E-state index in [-0.39, 0.29) is 11.9 Å². The molecule has 1 heterocycles. The Kier molecular flexibility index (Phi) is 3.72. The Balaban J connectivity index is 2.07. The SMILES string of the molecule is Cc1ccc(C(=O)NC(C)c2cccc(Cl)c2)o1. The van der Waals surface area contributed by atoms with Crippen LogP contribution in [0.25, 0.3) is 0 Å². The Morgan fingerprint density at radius 1 is 1.33 bits per heavy atom. The maximum absolute atomic E-state index is 11.9. The fourth-order valence-corrected chi connectivity index (χ4v) is 1.88. The first-order valence-electron chi connectivity index (χ1n) is 5.69. The van der Waals surface area contributed by atoms with Crippen molar-refractivity contribution in [2.75, 3.05) is 0 Å². The van der Waals surface area contributed by atoms with Gasteiger partial charge in [0.25, 0.3) is 5.91 Å². The molecule has 2 aromatic rings. The summed E-state index contributed by atoms with van der Waals surface area (Å²) in [5, 5.41) is 3.52. The zero-order chi connectivity index (χ0) is 13.1. The number of nitrogens with one attached hydrogen (secondary N) is 1. The van der Waals surface area contributed by atoms with Gasteiger partial charge in [0.15, 0.2) is 5.76 Å². The van der Waals surface area contributed by atoms with Crippen molar-refractivity contribution < 1.29 is 9.21 Å². The molecule has 0 aliphatic heterocycles. The van der Waals surface area contributed by atoms with Gasteiger partial charge in [0.1, 0.15) is 5.76 Å². The summed E-state index contributed by atoms with van der Waals surface area (Å²) in [6.07, 6.45) is 0. The van der Waals surface area contributed by atoms with Crippen LogP contribution >= 0.6 is 11.6 Å². The lowest BCUT2D eigenvalue weighted by molar-refractivity contribution is 0.0910. The maximum Gasteiger partial charge on any atom is 0.287 e. The molecule has 0 saturated heterocycles. The Labute approximate surface area is 111 Å². The van der Waals surface area contributed by atoms with Gasteiger partial charge in [0.2, 0.25) is 0 Å². The van der Waals surface area contributed by atoms with Gasteiger partial charge in [-0.05, 0) is 43.7 Å². The third kappa shape index (κ3) is 2.93. The summed E-state index contributed by atoms with van der Waals surface area (Å²) >= 11 is 5.91. The summed E-state index contributed by atoms with van der Waals surface area (Å²) in [5.41, 5.74) is 0.958. The lowest BCUT2D eigenvalue weighted by Crippen LogP contribution is -2.26. The molecule has 4 heteroatoms. The molecule has 1 aromatic heterocycles. The van der Waals surface area contributed by atoms with Gasteiger partial charge < -0.3 is 9.73 Å². The fraction of sp³-hybridized carbons (Fsp3) is 0.214. The molecule has 0 saturated carbocycles. The molecule has 3 nitrogen and oxygen atoms in total. The average molecular weight is 264 g/mol. The van der Waals surface area contributed by atoms with Gasteiger partial charge in [-0.25, -0.2) is 0 Å². The Bertz CT molecular complexity index is 562.